The predicted octanol–water partition coefficient (Wildman–Crippen LogP) is 14.8. The van der Waals surface area contributed by atoms with Gasteiger partial charge < -0.3 is 25.7 Å². The Morgan fingerprint density at radius 2 is 0.738 bits per heavy atom. The van der Waals surface area contributed by atoms with Crippen molar-refractivity contribution < 1.29 is 25.2 Å². The van der Waals surface area contributed by atoms with Gasteiger partial charge in [-0.15, -0.1) is 0 Å². The molecule has 0 aliphatic rings. The van der Waals surface area contributed by atoms with Crippen LogP contribution in [0.15, 0.2) is 60.8 Å². The molecule has 4 unspecified atom stereocenters. The van der Waals surface area contributed by atoms with E-state index in [0.29, 0.717) is 19.3 Å². The fraction of sp³-hybridized carbons (Fsp3) is 0.800. The second kappa shape index (κ2) is 49.0. The molecule has 1 amide bonds. The summed E-state index contributed by atoms with van der Waals surface area (Å²) in [6.07, 6.45) is 62.7. The van der Waals surface area contributed by atoms with Crippen LogP contribution in [-0.2, 0) is 4.79 Å². The highest BCUT2D eigenvalue weighted by Gasteiger charge is 2.28. The molecule has 0 fully saturated rings. The smallest absolute Gasteiger partial charge is 0.249 e. The molecule has 0 aromatic rings. The van der Waals surface area contributed by atoms with Gasteiger partial charge in [-0.25, -0.2) is 0 Å². The number of allylic oxidation sites excluding steroid dienone is 10. The van der Waals surface area contributed by atoms with Crippen LogP contribution < -0.4 is 5.32 Å². The third-order valence-electron chi connectivity index (χ3n) is 11.9. The molecule has 0 rings (SSSR count). The van der Waals surface area contributed by atoms with Gasteiger partial charge in [0.15, 0.2) is 0 Å². The summed E-state index contributed by atoms with van der Waals surface area (Å²) in [5.74, 6) is -0.605. The minimum atomic E-state index is -1.30. The molecular weight excluding hydrogens is 755 g/mol. The fourth-order valence-corrected chi connectivity index (χ4v) is 7.76. The Labute approximate surface area is 378 Å². The van der Waals surface area contributed by atoms with Crippen molar-refractivity contribution in [3.05, 3.63) is 60.8 Å². The first-order chi connectivity index (χ1) is 30.0. The van der Waals surface area contributed by atoms with E-state index >= 15 is 0 Å². The number of aliphatic hydroxyl groups excluding tert-OH is 4. The van der Waals surface area contributed by atoms with Crippen LogP contribution in [-0.4, -0.2) is 57.3 Å². The number of rotatable bonds is 47. The lowest BCUT2D eigenvalue weighted by atomic mass is 10.00. The van der Waals surface area contributed by atoms with E-state index in [1.54, 1.807) is 0 Å². The summed E-state index contributed by atoms with van der Waals surface area (Å²) >= 11 is 0. The van der Waals surface area contributed by atoms with E-state index in [1.165, 1.54) is 154 Å². The number of carbonyl (C=O) groups is 1. The fourth-order valence-electron chi connectivity index (χ4n) is 7.76. The lowest BCUT2D eigenvalue weighted by molar-refractivity contribution is -0.132. The van der Waals surface area contributed by atoms with Gasteiger partial charge in [-0.1, -0.05) is 216 Å². The van der Waals surface area contributed by atoms with Crippen LogP contribution in [0.25, 0.3) is 0 Å². The molecule has 0 bridgehead atoms. The molecular formula is C55H101NO5. The number of hydrogen-bond acceptors (Lipinski definition) is 5. The molecule has 0 radical (unpaired) electrons. The lowest BCUT2D eigenvalue weighted by Gasteiger charge is -2.27. The first kappa shape index (κ1) is 59.0. The predicted molar refractivity (Wildman–Crippen MR) is 265 cm³/mol. The Morgan fingerprint density at radius 1 is 0.410 bits per heavy atom. The average molecular weight is 856 g/mol. The molecule has 4 atom stereocenters. The number of nitrogens with one attached hydrogen (secondary N) is 1. The molecule has 0 aliphatic carbocycles. The topological polar surface area (TPSA) is 110 Å². The van der Waals surface area contributed by atoms with Gasteiger partial charge in [-0.05, 0) is 96.3 Å². The van der Waals surface area contributed by atoms with Crippen molar-refractivity contribution in [1.82, 2.24) is 5.32 Å². The van der Waals surface area contributed by atoms with Crippen molar-refractivity contribution in [2.24, 2.45) is 0 Å². The molecule has 0 aliphatic heterocycles. The van der Waals surface area contributed by atoms with Gasteiger partial charge >= 0.3 is 0 Å². The van der Waals surface area contributed by atoms with Gasteiger partial charge in [0.25, 0.3) is 0 Å². The summed E-state index contributed by atoms with van der Waals surface area (Å²) in [5.41, 5.74) is 0. The van der Waals surface area contributed by atoms with E-state index in [0.717, 1.165) is 64.2 Å². The molecule has 61 heavy (non-hydrogen) atoms. The maximum absolute atomic E-state index is 12.6. The van der Waals surface area contributed by atoms with Crippen molar-refractivity contribution in [3.63, 3.8) is 0 Å². The summed E-state index contributed by atoms with van der Waals surface area (Å²) in [5, 5.41) is 43.9. The summed E-state index contributed by atoms with van der Waals surface area (Å²) in [4.78, 5) is 12.6. The van der Waals surface area contributed by atoms with E-state index in [-0.39, 0.29) is 0 Å². The van der Waals surface area contributed by atoms with Crippen LogP contribution in [0.1, 0.15) is 251 Å². The Bertz CT molecular complexity index is 1050. The lowest BCUT2D eigenvalue weighted by Crippen LogP contribution is -2.53. The quantitative estimate of drug-likeness (QED) is 0.0309. The van der Waals surface area contributed by atoms with E-state index in [9.17, 15) is 25.2 Å². The van der Waals surface area contributed by atoms with Crippen LogP contribution in [0.3, 0.4) is 0 Å². The third-order valence-corrected chi connectivity index (χ3v) is 11.9. The van der Waals surface area contributed by atoms with Crippen molar-refractivity contribution in [3.8, 4) is 0 Å². The van der Waals surface area contributed by atoms with E-state index in [4.69, 9.17) is 0 Å². The van der Waals surface area contributed by atoms with E-state index in [2.05, 4.69) is 79.9 Å². The summed E-state index contributed by atoms with van der Waals surface area (Å²) < 4.78 is 0. The zero-order chi connectivity index (χ0) is 44.5. The minimum absolute atomic E-state index is 0.350. The maximum Gasteiger partial charge on any atom is 0.249 e. The van der Waals surface area contributed by atoms with Crippen LogP contribution in [0.5, 0.6) is 0 Å². The highest BCUT2D eigenvalue weighted by molar-refractivity contribution is 5.80. The van der Waals surface area contributed by atoms with E-state index < -0.39 is 36.9 Å². The monoisotopic (exact) mass is 856 g/mol. The van der Waals surface area contributed by atoms with Gasteiger partial charge in [0.1, 0.15) is 12.2 Å². The van der Waals surface area contributed by atoms with Gasteiger partial charge in [-0.3, -0.25) is 4.79 Å². The van der Waals surface area contributed by atoms with Gasteiger partial charge in [0.2, 0.25) is 5.91 Å². The van der Waals surface area contributed by atoms with E-state index in [1.807, 2.05) is 0 Å². The van der Waals surface area contributed by atoms with Crippen molar-refractivity contribution in [2.75, 3.05) is 6.61 Å². The SMILES string of the molecule is CCCCCCCCCC/C=C/CC/C=C/CC/C=C/CCCC(O)C(O)C(CO)NC(=O)C(O)CCCCCCCCCC/C=C\C/C=C\CCCCCCCCCCC. The molecule has 0 aromatic carbocycles. The second-order valence-corrected chi connectivity index (χ2v) is 17.8. The number of unbranched alkanes of at least 4 members (excludes halogenated alkanes) is 28. The Balaban J connectivity index is 3.78. The van der Waals surface area contributed by atoms with Crippen LogP contribution in [0.2, 0.25) is 0 Å². The highest BCUT2D eigenvalue weighted by Crippen LogP contribution is 2.15. The molecule has 0 spiro atoms. The van der Waals surface area contributed by atoms with Crippen LogP contribution >= 0.6 is 0 Å². The first-order valence-corrected chi connectivity index (χ1v) is 26.2. The number of aliphatic hydroxyl groups is 4. The molecule has 5 N–H and O–H groups in total. The molecule has 6 nitrogen and oxygen atoms in total. The van der Waals surface area contributed by atoms with Gasteiger partial charge in [0.05, 0.1) is 18.8 Å². The first-order valence-electron chi connectivity index (χ1n) is 26.2. The standard InChI is InChI=1S/C55H101NO5/c1-3-5-7-9-11-13-15-17-19-21-23-25-26-27-29-31-33-35-37-39-41-43-45-47-49-53(59)55(61)56-51(50-57)54(60)52(58)48-46-44-42-40-38-36-34-32-30-28-24-22-20-18-16-14-12-10-8-6-4-2/h22-25,27,29,32,34,40,42,51-54,57-60H,3-21,26,28,30-31,33,35-39,41,43-50H2,1-2H3,(H,56,61)/b24-22+,25-23-,29-27-,34-32+,42-40+. The normalized spacial score (nSPS) is 14.4. The highest BCUT2D eigenvalue weighted by atomic mass is 16.3. The van der Waals surface area contributed by atoms with Crippen molar-refractivity contribution in [1.29, 1.82) is 0 Å². The second-order valence-electron chi connectivity index (χ2n) is 17.8. The Hall–Kier alpha value is -1.99. The molecule has 356 valence electrons. The summed E-state index contributed by atoms with van der Waals surface area (Å²) in [7, 11) is 0. The minimum Gasteiger partial charge on any atom is -0.394 e. The largest absolute Gasteiger partial charge is 0.394 e. The number of amides is 1. The summed E-state index contributed by atoms with van der Waals surface area (Å²) in [6.45, 7) is 4.04. The zero-order valence-electron chi connectivity index (χ0n) is 40.2. The molecule has 0 heterocycles. The number of hydrogen-bond donors (Lipinski definition) is 5. The molecule has 0 saturated carbocycles. The average Bonchev–Trinajstić information content (AvgIpc) is 3.26. The summed E-state index contributed by atoms with van der Waals surface area (Å²) in [6, 6.07) is -1.02. The Kier molecular flexibility index (Phi) is 47.4. The Morgan fingerprint density at radius 3 is 1.13 bits per heavy atom. The van der Waals surface area contributed by atoms with Crippen LogP contribution in [0, 0.1) is 0 Å². The zero-order valence-corrected chi connectivity index (χ0v) is 40.2. The molecule has 0 saturated heterocycles. The van der Waals surface area contributed by atoms with Crippen molar-refractivity contribution >= 4 is 5.91 Å². The van der Waals surface area contributed by atoms with Gasteiger partial charge in [0, 0.05) is 0 Å². The third kappa shape index (κ3) is 43.1. The molecule has 6 heteroatoms. The van der Waals surface area contributed by atoms with Crippen molar-refractivity contribution in [2.45, 2.75) is 276 Å². The number of carbonyl (C=O) groups excluding carboxylic acids is 1. The van der Waals surface area contributed by atoms with Crippen LogP contribution in [0.4, 0.5) is 0 Å². The molecule has 0 aromatic heterocycles. The van der Waals surface area contributed by atoms with Gasteiger partial charge in [-0.2, -0.15) is 0 Å². The maximum atomic E-state index is 12.6.